The van der Waals surface area contributed by atoms with Gasteiger partial charge in [0, 0.05) is 31.6 Å². The van der Waals surface area contributed by atoms with Crippen LogP contribution in [0.3, 0.4) is 0 Å². The molecule has 0 N–H and O–H groups in total. The first-order valence-electron chi connectivity index (χ1n) is 8.28. The van der Waals surface area contributed by atoms with Crippen molar-refractivity contribution in [3.63, 3.8) is 0 Å². The van der Waals surface area contributed by atoms with E-state index in [1.54, 1.807) is 6.20 Å². The summed E-state index contributed by atoms with van der Waals surface area (Å²) < 4.78 is 5.32. The summed E-state index contributed by atoms with van der Waals surface area (Å²) in [5.41, 5.74) is 3.00. The predicted octanol–water partition coefficient (Wildman–Crippen LogP) is 2.96. The van der Waals surface area contributed by atoms with E-state index in [4.69, 9.17) is 4.52 Å². The molecule has 0 aliphatic carbocycles. The maximum Gasteiger partial charge on any atom is 0.276 e. The molecule has 1 aromatic carbocycles. The molecule has 126 valence electrons. The molecule has 0 unspecified atom stereocenters. The standard InChI is InChI=1S/C19H18N4O2/c1-13-6-2-3-7-14(13)11-23-12-15(10-17(23)24)18-21-19(25-22-18)16-8-4-5-9-20-16/h2-9,15H,10-12H2,1H3/t15-/m1/s1. The molecular weight excluding hydrogens is 316 g/mol. The maximum absolute atomic E-state index is 12.4. The SMILES string of the molecule is Cc1ccccc1CN1C[C@H](c2noc(-c3ccccn3)n2)CC1=O. The average molecular weight is 334 g/mol. The molecule has 1 fully saturated rings. The van der Waals surface area contributed by atoms with Gasteiger partial charge in [0.2, 0.25) is 5.91 Å². The Kier molecular flexibility index (Phi) is 4.01. The van der Waals surface area contributed by atoms with Crippen LogP contribution in [0.5, 0.6) is 0 Å². The first kappa shape index (κ1) is 15.5. The molecule has 3 heterocycles. The van der Waals surface area contributed by atoms with E-state index in [0.717, 1.165) is 0 Å². The molecule has 25 heavy (non-hydrogen) atoms. The number of aromatic nitrogens is 3. The highest BCUT2D eigenvalue weighted by molar-refractivity contribution is 5.79. The lowest BCUT2D eigenvalue weighted by atomic mass is 10.1. The summed E-state index contributed by atoms with van der Waals surface area (Å²) in [6.45, 7) is 3.28. The first-order chi connectivity index (χ1) is 12.2. The van der Waals surface area contributed by atoms with Gasteiger partial charge in [-0.1, -0.05) is 35.5 Å². The van der Waals surface area contributed by atoms with Gasteiger partial charge in [0.15, 0.2) is 5.82 Å². The molecule has 0 spiro atoms. The molecule has 6 nitrogen and oxygen atoms in total. The van der Waals surface area contributed by atoms with Crippen molar-refractivity contribution in [1.29, 1.82) is 0 Å². The lowest BCUT2D eigenvalue weighted by molar-refractivity contribution is -0.128. The van der Waals surface area contributed by atoms with Crippen LogP contribution in [0.4, 0.5) is 0 Å². The Hall–Kier alpha value is -3.02. The van der Waals surface area contributed by atoms with Crippen LogP contribution in [-0.2, 0) is 11.3 Å². The van der Waals surface area contributed by atoms with Gasteiger partial charge < -0.3 is 9.42 Å². The van der Waals surface area contributed by atoms with Crippen molar-refractivity contribution in [3.05, 3.63) is 65.6 Å². The molecule has 1 saturated heterocycles. The molecule has 0 radical (unpaired) electrons. The Morgan fingerprint density at radius 1 is 1.20 bits per heavy atom. The van der Waals surface area contributed by atoms with E-state index in [1.165, 1.54) is 11.1 Å². The van der Waals surface area contributed by atoms with Gasteiger partial charge >= 0.3 is 0 Å². The van der Waals surface area contributed by atoms with Crippen LogP contribution in [0.2, 0.25) is 0 Å². The van der Waals surface area contributed by atoms with Crippen LogP contribution < -0.4 is 0 Å². The number of rotatable bonds is 4. The van der Waals surface area contributed by atoms with Crippen molar-refractivity contribution in [2.75, 3.05) is 6.54 Å². The summed E-state index contributed by atoms with van der Waals surface area (Å²) in [5.74, 6) is 1.04. The molecule has 4 rings (SSSR count). The molecule has 6 heteroatoms. The quantitative estimate of drug-likeness (QED) is 0.733. The number of amides is 1. The van der Waals surface area contributed by atoms with Gasteiger partial charge in [0.05, 0.1) is 0 Å². The van der Waals surface area contributed by atoms with E-state index in [9.17, 15) is 4.79 Å². The number of nitrogens with zero attached hydrogens (tertiary/aromatic N) is 4. The smallest absolute Gasteiger partial charge is 0.276 e. The third-order valence-electron chi connectivity index (χ3n) is 4.53. The number of carbonyl (C=O) groups excluding carboxylic acids is 1. The Bertz CT molecular complexity index is 891. The largest absolute Gasteiger partial charge is 0.338 e. The van der Waals surface area contributed by atoms with Crippen LogP contribution in [-0.4, -0.2) is 32.5 Å². The minimum absolute atomic E-state index is 0.0438. The van der Waals surface area contributed by atoms with Crippen LogP contribution >= 0.6 is 0 Å². The fourth-order valence-electron chi connectivity index (χ4n) is 3.09. The number of hydrogen-bond acceptors (Lipinski definition) is 5. The van der Waals surface area contributed by atoms with Crippen LogP contribution in [0.15, 0.2) is 53.2 Å². The van der Waals surface area contributed by atoms with Crippen molar-refractivity contribution in [2.24, 2.45) is 0 Å². The zero-order valence-electron chi connectivity index (χ0n) is 13.9. The zero-order valence-corrected chi connectivity index (χ0v) is 13.9. The monoisotopic (exact) mass is 334 g/mol. The third-order valence-corrected chi connectivity index (χ3v) is 4.53. The molecule has 1 aliphatic rings. The van der Waals surface area contributed by atoms with Crippen LogP contribution in [0, 0.1) is 6.92 Å². The minimum Gasteiger partial charge on any atom is -0.338 e. The topological polar surface area (TPSA) is 72.1 Å². The van der Waals surface area contributed by atoms with Gasteiger partial charge in [-0.3, -0.25) is 9.78 Å². The molecular formula is C19H18N4O2. The Labute approximate surface area is 145 Å². The van der Waals surface area contributed by atoms with Crippen molar-refractivity contribution in [2.45, 2.75) is 25.8 Å². The van der Waals surface area contributed by atoms with E-state index < -0.39 is 0 Å². The van der Waals surface area contributed by atoms with Crippen molar-refractivity contribution < 1.29 is 9.32 Å². The number of aryl methyl sites for hydroxylation is 1. The van der Waals surface area contributed by atoms with Gasteiger partial charge in [-0.2, -0.15) is 4.98 Å². The molecule has 0 bridgehead atoms. The van der Waals surface area contributed by atoms with Gasteiger partial charge in [-0.05, 0) is 30.2 Å². The third kappa shape index (κ3) is 3.15. The molecule has 1 aliphatic heterocycles. The van der Waals surface area contributed by atoms with E-state index >= 15 is 0 Å². The second kappa shape index (κ2) is 6.47. The summed E-state index contributed by atoms with van der Waals surface area (Å²) >= 11 is 0. The summed E-state index contributed by atoms with van der Waals surface area (Å²) in [4.78, 5) is 22.9. The average Bonchev–Trinajstić information content (AvgIpc) is 3.25. The van der Waals surface area contributed by atoms with Crippen molar-refractivity contribution >= 4 is 5.91 Å². The molecule has 3 aromatic rings. The Morgan fingerprint density at radius 2 is 2.04 bits per heavy atom. The number of hydrogen-bond donors (Lipinski definition) is 0. The van der Waals surface area contributed by atoms with Crippen molar-refractivity contribution in [1.82, 2.24) is 20.0 Å². The van der Waals surface area contributed by atoms with E-state index in [-0.39, 0.29) is 11.8 Å². The summed E-state index contributed by atoms with van der Waals surface area (Å²) in [5, 5.41) is 4.06. The van der Waals surface area contributed by atoms with Gasteiger partial charge in [-0.25, -0.2) is 0 Å². The number of carbonyl (C=O) groups is 1. The normalized spacial score (nSPS) is 17.2. The highest BCUT2D eigenvalue weighted by atomic mass is 16.5. The van der Waals surface area contributed by atoms with E-state index in [0.29, 0.717) is 36.9 Å². The van der Waals surface area contributed by atoms with Gasteiger partial charge in [0.25, 0.3) is 5.89 Å². The lowest BCUT2D eigenvalue weighted by Crippen LogP contribution is -2.24. The molecule has 0 saturated carbocycles. The fraction of sp³-hybridized carbons (Fsp3) is 0.263. The first-order valence-corrected chi connectivity index (χ1v) is 8.28. The second-order valence-electron chi connectivity index (χ2n) is 6.27. The lowest BCUT2D eigenvalue weighted by Gasteiger charge is -2.17. The van der Waals surface area contributed by atoms with Crippen molar-refractivity contribution in [3.8, 4) is 11.6 Å². The van der Waals surface area contributed by atoms with Crippen LogP contribution in [0.25, 0.3) is 11.6 Å². The van der Waals surface area contributed by atoms with Gasteiger partial charge in [-0.15, -0.1) is 0 Å². The zero-order chi connectivity index (χ0) is 17.2. The Morgan fingerprint density at radius 3 is 2.84 bits per heavy atom. The number of pyridine rings is 1. The van der Waals surface area contributed by atoms with Gasteiger partial charge in [0.1, 0.15) is 5.69 Å². The van der Waals surface area contributed by atoms with E-state index in [2.05, 4.69) is 34.2 Å². The second-order valence-corrected chi connectivity index (χ2v) is 6.27. The highest BCUT2D eigenvalue weighted by Gasteiger charge is 2.34. The maximum atomic E-state index is 12.4. The fourth-order valence-corrected chi connectivity index (χ4v) is 3.09. The summed E-state index contributed by atoms with van der Waals surface area (Å²) in [6.07, 6.45) is 2.09. The Balaban J connectivity index is 1.49. The minimum atomic E-state index is -0.0438. The molecule has 1 amide bonds. The molecule has 2 aromatic heterocycles. The summed E-state index contributed by atoms with van der Waals surface area (Å²) in [7, 11) is 0. The van der Waals surface area contributed by atoms with E-state index in [1.807, 2.05) is 35.2 Å². The number of benzene rings is 1. The number of likely N-dealkylation sites (tertiary alicyclic amines) is 1. The highest BCUT2D eigenvalue weighted by Crippen LogP contribution is 2.29. The predicted molar refractivity (Wildman–Crippen MR) is 91.5 cm³/mol. The molecule has 1 atom stereocenters. The summed E-state index contributed by atoms with van der Waals surface area (Å²) in [6, 6.07) is 13.6. The van der Waals surface area contributed by atoms with Crippen LogP contribution in [0.1, 0.15) is 29.3 Å².